The summed E-state index contributed by atoms with van der Waals surface area (Å²) in [6, 6.07) is 26.0. The van der Waals surface area contributed by atoms with Gasteiger partial charge in [0.15, 0.2) is 0 Å². The van der Waals surface area contributed by atoms with Crippen molar-refractivity contribution in [1.82, 2.24) is 4.90 Å². The molecule has 1 saturated heterocycles. The van der Waals surface area contributed by atoms with Crippen LogP contribution in [0, 0.1) is 0 Å². The molecular weight excluding hydrogens is 386 g/mol. The van der Waals surface area contributed by atoms with Crippen molar-refractivity contribution in [2.45, 2.75) is 31.5 Å². The molecule has 3 aromatic carbocycles. The quantitative estimate of drug-likeness (QED) is 0.636. The average molecular weight is 414 g/mol. The lowest BCUT2D eigenvalue weighted by Crippen LogP contribution is -2.46. The Morgan fingerprint density at radius 3 is 2.52 bits per heavy atom. The van der Waals surface area contributed by atoms with Crippen LogP contribution in [-0.4, -0.2) is 30.8 Å². The van der Waals surface area contributed by atoms with Gasteiger partial charge in [0.05, 0.1) is 6.17 Å². The third kappa shape index (κ3) is 3.55. The molecule has 158 valence electrons. The maximum atomic E-state index is 12.4. The molecule has 0 aromatic heterocycles. The second-order valence-electron chi connectivity index (χ2n) is 8.67. The predicted molar refractivity (Wildman–Crippen MR) is 124 cm³/mol. The highest BCUT2D eigenvalue weighted by Crippen LogP contribution is 2.52. The van der Waals surface area contributed by atoms with Crippen LogP contribution in [0.25, 0.3) is 0 Å². The third-order valence-corrected chi connectivity index (χ3v) is 6.62. The van der Waals surface area contributed by atoms with Gasteiger partial charge in [0, 0.05) is 36.9 Å². The number of amides is 1. The lowest BCUT2D eigenvalue weighted by Gasteiger charge is -2.34. The summed E-state index contributed by atoms with van der Waals surface area (Å²) in [6.07, 6.45) is 0.883. The summed E-state index contributed by atoms with van der Waals surface area (Å²) in [6.45, 7) is 4.31. The van der Waals surface area contributed by atoms with E-state index >= 15 is 0 Å². The van der Waals surface area contributed by atoms with Crippen molar-refractivity contribution in [1.29, 1.82) is 0 Å². The third-order valence-electron chi connectivity index (χ3n) is 6.62. The number of carbonyl (C=O) groups excluding carboxylic acids is 1. The van der Waals surface area contributed by atoms with Crippen LogP contribution in [0.1, 0.15) is 24.5 Å². The number of para-hydroxylation sites is 1. The van der Waals surface area contributed by atoms with E-state index in [0.717, 1.165) is 19.5 Å². The molecule has 0 radical (unpaired) electrons. The van der Waals surface area contributed by atoms with Crippen LogP contribution in [0.2, 0.25) is 0 Å². The van der Waals surface area contributed by atoms with Crippen molar-refractivity contribution < 1.29 is 9.53 Å². The number of nitrogens with zero attached hydrogens (tertiary/aromatic N) is 2. The second kappa shape index (κ2) is 7.75. The minimum Gasteiger partial charge on any atom is -0.410 e. The molecule has 5 nitrogen and oxygen atoms in total. The van der Waals surface area contributed by atoms with Gasteiger partial charge in [0.25, 0.3) is 0 Å². The van der Waals surface area contributed by atoms with E-state index in [0.29, 0.717) is 11.4 Å². The molecule has 0 aliphatic carbocycles. The Morgan fingerprint density at radius 1 is 1.06 bits per heavy atom. The molecule has 2 aliphatic heterocycles. The van der Waals surface area contributed by atoms with Crippen molar-refractivity contribution >= 4 is 17.5 Å². The molecule has 1 amide bonds. The van der Waals surface area contributed by atoms with Crippen LogP contribution in [0.4, 0.5) is 16.2 Å². The summed E-state index contributed by atoms with van der Waals surface area (Å²) >= 11 is 0. The molecule has 0 saturated carbocycles. The number of hydrogen-bond acceptors (Lipinski definition) is 4. The maximum Gasteiger partial charge on any atom is 0.417 e. The maximum absolute atomic E-state index is 12.4. The number of ether oxygens (including phenoxy) is 1. The first-order chi connectivity index (χ1) is 15.0. The van der Waals surface area contributed by atoms with Crippen LogP contribution >= 0.6 is 0 Å². The SMILES string of the molecule is CN1c2ccc(OC(=O)Nc3ccccc3)cc2C2(C)CCN(Cc3ccccc3)C12. The first-order valence-corrected chi connectivity index (χ1v) is 10.7. The summed E-state index contributed by atoms with van der Waals surface area (Å²) < 4.78 is 5.61. The van der Waals surface area contributed by atoms with E-state index in [1.165, 1.54) is 16.8 Å². The molecule has 5 heteroatoms. The van der Waals surface area contributed by atoms with Crippen LogP contribution in [0.3, 0.4) is 0 Å². The molecule has 3 aromatic rings. The highest BCUT2D eigenvalue weighted by Gasteiger charge is 2.53. The minimum absolute atomic E-state index is 0.00581. The van der Waals surface area contributed by atoms with Gasteiger partial charge in [-0.05, 0) is 47.9 Å². The number of likely N-dealkylation sites (N-methyl/N-ethyl adjacent to an activating group) is 1. The largest absolute Gasteiger partial charge is 0.417 e. The first-order valence-electron chi connectivity index (χ1n) is 10.7. The highest BCUT2D eigenvalue weighted by atomic mass is 16.6. The molecular formula is C26H27N3O2. The number of carbonyl (C=O) groups is 1. The fourth-order valence-electron chi connectivity index (χ4n) is 5.21. The van der Waals surface area contributed by atoms with Crippen molar-refractivity contribution in [3.8, 4) is 5.75 Å². The number of likely N-dealkylation sites (tertiary alicyclic amines) is 1. The van der Waals surface area contributed by atoms with E-state index < -0.39 is 6.09 Å². The van der Waals surface area contributed by atoms with Gasteiger partial charge in [-0.1, -0.05) is 55.5 Å². The Morgan fingerprint density at radius 2 is 1.77 bits per heavy atom. The standard InChI is InChI=1S/C26H27N3O2/c1-26-15-16-29(18-19-9-5-3-6-10-19)24(26)28(2)23-14-13-21(17-22(23)26)31-25(30)27-20-11-7-4-8-12-20/h3-14,17,24H,15-16,18H2,1-2H3,(H,27,30). The van der Waals surface area contributed by atoms with Crippen molar-refractivity contribution in [2.24, 2.45) is 0 Å². The smallest absolute Gasteiger partial charge is 0.410 e. The van der Waals surface area contributed by atoms with Gasteiger partial charge in [-0.3, -0.25) is 10.2 Å². The summed E-state index contributed by atoms with van der Waals surface area (Å²) in [5.41, 5.74) is 4.50. The summed E-state index contributed by atoms with van der Waals surface area (Å²) in [5, 5.41) is 2.78. The monoisotopic (exact) mass is 413 g/mol. The molecule has 0 spiro atoms. The van der Waals surface area contributed by atoms with Gasteiger partial charge in [0.1, 0.15) is 5.75 Å². The van der Waals surface area contributed by atoms with Gasteiger partial charge >= 0.3 is 6.09 Å². The van der Waals surface area contributed by atoms with Crippen molar-refractivity contribution in [3.05, 3.63) is 90.0 Å². The normalized spacial score (nSPS) is 22.1. The van der Waals surface area contributed by atoms with Gasteiger partial charge < -0.3 is 9.64 Å². The number of fused-ring (bicyclic) bond motifs is 3. The molecule has 2 heterocycles. The molecule has 31 heavy (non-hydrogen) atoms. The molecule has 1 N–H and O–H groups in total. The molecule has 2 atom stereocenters. The van der Waals surface area contributed by atoms with Crippen molar-refractivity contribution in [2.75, 3.05) is 23.8 Å². The predicted octanol–water partition coefficient (Wildman–Crippen LogP) is 5.24. The van der Waals surface area contributed by atoms with E-state index in [1.807, 2.05) is 42.5 Å². The van der Waals surface area contributed by atoms with E-state index in [4.69, 9.17) is 4.74 Å². The highest BCUT2D eigenvalue weighted by molar-refractivity contribution is 5.86. The molecule has 1 fully saturated rings. The number of hydrogen-bond donors (Lipinski definition) is 1. The van der Waals surface area contributed by atoms with E-state index in [1.54, 1.807) is 0 Å². The molecule has 5 rings (SSSR count). The molecule has 2 aliphatic rings. The average Bonchev–Trinajstić information content (AvgIpc) is 3.21. The van der Waals surface area contributed by atoms with E-state index in [-0.39, 0.29) is 11.6 Å². The van der Waals surface area contributed by atoms with Gasteiger partial charge in [0.2, 0.25) is 0 Å². The first kappa shape index (κ1) is 19.6. The Kier molecular flexibility index (Phi) is 4.91. The fraction of sp³-hybridized carbons (Fsp3) is 0.269. The summed E-state index contributed by atoms with van der Waals surface area (Å²) in [4.78, 5) is 17.3. The van der Waals surface area contributed by atoms with Crippen LogP contribution in [0.5, 0.6) is 5.75 Å². The van der Waals surface area contributed by atoms with E-state index in [9.17, 15) is 4.79 Å². The van der Waals surface area contributed by atoms with Crippen LogP contribution in [0.15, 0.2) is 78.9 Å². The summed E-state index contributed by atoms with van der Waals surface area (Å²) in [7, 11) is 2.17. The second-order valence-corrected chi connectivity index (χ2v) is 8.67. The minimum atomic E-state index is -0.476. The van der Waals surface area contributed by atoms with Crippen molar-refractivity contribution in [3.63, 3.8) is 0 Å². The lowest BCUT2D eigenvalue weighted by atomic mass is 9.81. The van der Waals surface area contributed by atoms with Gasteiger partial charge in [-0.2, -0.15) is 0 Å². The Hall–Kier alpha value is -3.31. The number of benzene rings is 3. The zero-order chi connectivity index (χ0) is 21.4. The topological polar surface area (TPSA) is 44.8 Å². The number of anilines is 2. The summed E-state index contributed by atoms with van der Waals surface area (Å²) in [5.74, 6) is 0.573. The zero-order valence-corrected chi connectivity index (χ0v) is 17.9. The zero-order valence-electron chi connectivity index (χ0n) is 17.9. The fourth-order valence-corrected chi connectivity index (χ4v) is 5.21. The van der Waals surface area contributed by atoms with Gasteiger partial charge in [-0.15, -0.1) is 0 Å². The number of nitrogens with one attached hydrogen (secondary N) is 1. The molecule has 2 unspecified atom stereocenters. The lowest BCUT2D eigenvalue weighted by molar-refractivity contribution is 0.213. The Bertz CT molecular complexity index is 1090. The Balaban J connectivity index is 1.36. The van der Waals surface area contributed by atoms with Crippen LogP contribution in [-0.2, 0) is 12.0 Å². The van der Waals surface area contributed by atoms with E-state index in [2.05, 4.69) is 65.5 Å². The Labute approximate surface area is 183 Å². The molecule has 0 bridgehead atoms. The number of rotatable bonds is 4. The van der Waals surface area contributed by atoms with Crippen LogP contribution < -0.4 is 15.0 Å². The van der Waals surface area contributed by atoms with Gasteiger partial charge in [-0.25, -0.2) is 4.79 Å².